The fourth-order valence-corrected chi connectivity index (χ4v) is 2.28. The van der Waals surface area contributed by atoms with E-state index in [1.807, 2.05) is 13.8 Å². The molecule has 1 aliphatic rings. The lowest BCUT2D eigenvalue weighted by Crippen LogP contribution is -2.52. The Bertz CT molecular complexity index is 253. The van der Waals surface area contributed by atoms with Crippen LogP contribution in [-0.4, -0.2) is 62.9 Å². The molecule has 1 aliphatic heterocycles. The fourth-order valence-electron chi connectivity index (χ4n) is 2.28. The fraction of sp³-hybridized carbons (Fsp3) is 0.923. The van der Waals surface area contributed by atoms with Crippen molar-refractivity contribution in [3.05, 3.63) is 0 Å². The zero-order valence-corrected chi connectivity index (χ0v) is 11.8. The van der Waals surface area contributed by atoms with Gasteiger partial charge in [-0.25, -0.2) is 0 Å². The van der Waals surface area contributed by atoms with Gasteiger partial charge in [-0.3, -0.25) is 4.79 Å². The molecule has 0 aromatic carbocycles. The summed E-state index contributed by atoms with van der Waals surface area (Å²) in [6, 6.07) is 0. The molecule has 1 N–H and O–H groups in total. The maximum Gasteiger partial charge on any atom is 0.325 e. The van der Waals surface area contributed by atoms with Crippen LogP contribution in [0.25, 0.3) is 0 Å². The highest BCUT2D eigenvalue weighted by Crippen LogP contribution is 2.13. The number of carbonyl (C=O) groups excluding carboxylic acids is 1. The van der Waals surface area contributed by atoms with E-state index in [2.05, 4.69) is 10.2 Å². The molecule has 1 fully saturated rings. The van der Waals surface area contributed by atoms with E-state index in [4.69, 9.17) is 9.47 Å². The van der Waals surface area contributed by atoms with Crippen molar-refractivity contribution in [1.82, 2.24) is 10.2 Å². The number of esters is 1. The number of likely N-dealkylation sites (N-methyl/N-ethyl adjacent to an activating group) is 1. The summed E-state index contributed by atoms with van der Waals surface area (Å²) in [5.41, 5.74) is -0.587. The number of carbonyl (C=O) groups is 1. The molecule has 0 saturated carbocycles. The summed E-state index contributed by atoms with van der Waals surface area (Å²) in [6.45, 7) is 9.19. The molecule has 5 heteroatoms. The summed E-state index contributed by atoms with van der Waals surface area (Å²) in [7, 11) is 1.44. The van der Waals surface area contributed by atoms with Crippen LogP contribution in [0, 0.1) is 0 Å². The van der Waals surface area contributed by atoms with Crippen molar-refractivity contribution in [1.29, 1.82) is 0 Å². The van der Waals surface area contributed by atoms with Gasteiger partial charge in [-0.1, -0.05) is 6.92 Å². The van der Waals surface area contributed by atoms with Crippen molar-refractivity contribution in [2.45, 2.75) is 32.2 Å². The molecule has 0 amide bonds. The van der Waals surface area contributed by atoms with Gasteiger partial charge in [0.25, 0.3) is 0 Å². The van der Waals surface area contributed by atoms with E-state index in [0.29, 0.717) is 0 Å². The largest absolute Gasteiger partial charge is 0.468 e. The molecule has 1 saturated heterocycles. The molecular formula is C13H26N2O3. The smallest absolute Gasteiger partial charge is 0.325 e. The summed E-state index contributed by atoms with van der Waals surface area (Å²) in [5.74, 6) is -0.185. The van der Waals surface area contributed by atoms with Gasteiger partial charge in [0.1, 0.15) is 5.54 Å². The minimum absolute atomic E-state index is 0.185. The van der Waals surface area contributed by atoms with Crippen molar-refractivity contribution < 1.29 is 14.3 Å². The van der Waals surface area contributed by atoms with Crippen LogP contribution >= 0.6 is 0 Å². The molecule has 0 aliphatic carbocycles. The molecule has 1 rings (SSSR count). The number of hydrogen-bond donors (Lipinski definition) is 1. The van der Waals surface area contributed by atoms with Crippen molar-refractivity contribution in [3.63, 3.8) is 0 Å². The second kappa shape index (κ2) is 7.71. The third kappa shape index (κ3) is 4.55. The molecular weight excluding hydrogens is 232 g/mol. The number of ether oxygens (including phenoxy) is 2. The highest BCUT2D eigenvalue weighted by molar-refractivity contribution is 5.80. The lowest BCUT2D eigenvalue weighted by Gasteiger charge is -2.30. The van der Waals surface area contributed by atoms with Crippen molar-refractivity contribution in [3.8, 4) is 0 Å². The molecule has 1 atom stereocenters. The topological polar surface area (TPSA) is 50.8 Å². The standard InChI is InChI=1S/C13H26N2O3/c1-4-14-13(2,12(16)17-3)6-8-15-7-5-10-18-11-9-15/h14H,4-11H2,1-3H3. The molecule has 0 aromatic rings. The lowest BCUT2D eigenvalue weighted by atomic mass is 9.97. The summed E-state index contributed by atoms with van der Waals surface area (Å²) in [6.07, 6.45) is 1.82. The number of methoxy groups -OCH3 is 1. The molecule has 0 radical (unpaired) electrons. The Morgan fingerprint density at radius 2 is 2.22 bits per heavy atom. The van der Waals surface area contributed by atoms with Crippen LogP contribution in [0.3, 0.4) is 0 Å². The van der Waals surface area contributed by atoms with Gasteiger partial charge >= 0.3 is 5.97 Å². The zero-order valence-electron chi connectivity index (χ0n) is 11.8. The van der Waals surface area contributed by atoms with E-state index in [9.17, 15) is 4.79 Å². The highest BCUT2D eigenvalue weighted by atomic mass is 16.5. The number of nitrogens with zero attached hydrogens (tertiary/aromatic N) is 1. The van der Waals surface area contributed by atoms with Crippen LogP contribution in [0.5, 0.6) is 0 Å². The van der Waals surface area contributed by atoms with Crippen LogP contribution in [0.15, 0.2) is 0 Å². The molecule has 0 bridgehead atoms. The Labute approximate surface area is 110 Å². The summed E-state index contributed by atoms with van der Waals surface area (Å²) in [4.78, 5) is 14.2. The van der Waals surface area contributed by atoms with Crippen molar-refractivity contribution in [2.75, 3.05) is 46.5 Å². The molecule has 1 unspecified atom stereocenters. The Balaban J connectivity index is 2.47. The Hall–Kier alpha value is -0.650. The maximum absolute atomic E-state index is 11.8. The Kier molecular flexibility index (Phi) is 6.60. The van der Waals surface area contributed by atoms with Crippen LogP contribution < -0.4 is 5.32 Å². The van der Waals surface area contributed by atoms with Crippen LogP contribution in [0.1, 0.15) is 26.7 Å². The molecule has 5 nitrogen and oxygen atoms in total. The van der Waals surface area contributed by atoms with E-state index in [0.717, 1.165) is 52.2 Å². The number of hydrogen-bond acceptors (Lipinski definition) is 5. The SMILES string of the molecule is CCNC(C)(CCN1CCCOCC1)C(=O)OC. The summed E-state index contributed by atoms with van der Waals surface area (Å²) in [5, 5.41) is 3.23. The number of nitrogens with one attached hydrogen (secondary N) is 1. The van der Waals surface area contributed by atoms with Crippen LogP contribution in [0.2, 0.25) is 0 Å². The van der Waals surface area contributed by atoms with E-state index in [-0.39, 0.29) is 5.97 Å². The summed E-state index contributed by atoms with van der Waals surface area (Å²) >= 11 is 0. The van der Waals surface area contributed by atoms with Gasteiger partial charge in [0, 0.05) is 26.2 Å². The van der Waals surface area contributed by atoms with E-state index < -0.39 is 5.54 Å². The predicted molar refractivity (Wildman–Crippen MR) is 70.6 cm³/mol. The predicted octanol–water partition coefficient (Wildman–Crippen LogP) is 0.640. The van der Waals surface area contributed by atoms with Crippen LogP contribution in [-0.2, 0) is 14.3 Å². The first-order valence-electron chi connectivity index (χ1n) is 6.76. The highest BCUT2D eigenvalue weighted by Gasteiger charge is 2.33. The quantitative estimate of drug-likeness (QED) is 0.709. The normalized spacial score (nSPS) is 21.1. The van der Waals surface area contributed by atoms with E-state index in [1.54, 1.807) is 0 Å². The average molecular weight is 258 g/mol. The lowest BCUT2D eigenvalue weighted by molar-refractivity contribution is -0.148. The van der Waals surface area contributed by atoms with Crippen molar-refractivity contribution >= 4 is 5.97 Å². The van der Waals surface area contributed by atoms with Gasteiger partial charge in [0.05, 0.1) is 13.7 Å². The van der Waals surface area contributed by atoms with Crippen LogP contribution in [0.4, 0.5) is 0 Å². The maximum atomic E-state index is 11.8. The molecule has 18 heavy (non-hydrogen) atoms. The zero-order chi connectivity index (χ0) is 13.4. The number of rotatable bonds is 6. The monoisotopic (exact) mass is 258 g/mol. The van der Waals surface area contributed by atoms with Crippen molar-refractivity contribution in [2.24, 2.45) is 0 Å². The second-order valence-corrected chi connectivity index (χ2v) is 4.91. The Morgan fingerprint density at radius 1 is 1.44 bits per heavy atom. The molecule has 1 heterocycles. The second-order valence-electron chi connectivity index (χ2n) is 4.91. The van der Waals surface area contributed by atoms with E-state index in [1.165, 1.54) is 7.11 Å². The minimum atomic E-state index is -0.587. The average Bonchev–Trinajstić information content (AvgIpc) is 2.64. The summed E-state index contributed by atoms with van der Waals surface area (Å²) < 4.78 is 10.3. The third-order valence-electron chi connectivity index (χ3n) is 3.45. The van der Waals surface area contributed by atoms with Gasteiger partial charge in [-0.05, 0) is 26.3 Å². The first-order valence-corrected chi connectivity index (χ1v) is 6.76. The van der Waals surface area contributed by atoms with Gasteiger partial charge in [0.2, 0.25) is 0 Å². The first kappa shape index (κ1) is 15.4. The van der Waals surface area contributed by atoms with Gasteiger partial charge in [-0.15, -0.1) is 0 Å². The molecule has 0 aromatic heterocycles. The Morgan fingerprint density at radius 3 is 2.89 bits per heavy atom. The van der Waals surface area contributed by atoms with Gasteiger partial charge in [-0.2, -0.15) is 0 Å². The first-order chi connectivity index (χ1) is 8.62. The van der Waals surface area contributed by atoms with Gasteiger partial charge in [0.15, 0.2) is 0 Å². The third-order valence-corrected chi connectivity index (χ3v) is 3.45. The van der Waals surface area contributed by atoms with E-state index >= 15 is 0 Å². The molecule has 0 spiro atoms. The van der Waals surface area contributed by atoms with Gasteiger partial charge < -0.3 is 19.7 Å². The minimum Gasteiger partial charge on any atom is -0.468 e. The molecule has 106 valence electrons.